The first-order valence-electron chi connectivity index (χ1n) is 4.99. The van der Waals surface area contributed by atoms with Gasteiger partial charge in [-0.05, 0) is 18.2 Å². The van der Waals surface area contributed by atoms with Crippen molar-refractivity contribution in [1.82, 2.24) is 4.98 Å². The molecule has 0 amide bonds. The molecule has 1 aromatic heterocycles. The Labute approximate surface area is 97.3 Å². The van der Waals surface area contributed by atoms with Gasteiger partial charge in [-0.1, -0.05) is 17.9 Å². The first kappa shape index (κ1) is 11.0. The van der Waals surface area contributed by atoms with Gasteiger partial charge in [-0.25, -0.2) is 4.79 Å². The van der Waals surface area contributed by atoms with Gasteiger partial charge in [-0.2, -0.15) is 0 Å². The van der Waals surface area contributed by atoms with Crippen molar-refractivity contribution in [1.29, 1.82) is 0 Å². The van der Waals surface area contributed by atoms with Crippen molar-refractivity contribution in [3.05, 3.63) is 35.5 Å². The van der Waals surface area contributed by atoms with Crippen LogP contribution >= 0.6 is 0 Å². The first-order valence-corrected chi connectivity index (χ1v) is 4.99. The maximum atomic E-state index is 10.8. The highest BCUT2D eigenvalue weighted by molar-refractivity contribution is 5.94. The van der Waals surface area contributed by atoms with E-state index in [9.17, 15) is 9.59 Å². The van der Waals surface area contributed by atoms with E-state index < -0.39 is 5.97 Å². The summed E-state index contributed by atoms with van der Waals surface area (Å²) in [6, 6.07) is 6.92. The van der Waals surface area contributed by atoms with Gasteiger partial charge in [0.15, 0.2) is 0 Å². The van der Waals surface area contributed by atoms with E-state index in [2.05, 4.69) is 16.8 Å². The Kier molecular flexibility index (Phi) is 2.93. The summed E-state index contributed by atoms with van der Waals surface area (Å²) >= 11 is 0. The van der Waals surface area contributed by atoms with E-state index in [1.54, 1.807) is 24.3 Å². The summed E-state index contributed by atoms with van der Waals surface area (Å²) in [5, 5.41) is 9.65. The van der Waals surface area contributed by atoms with Crippen molar-refractivity contribution in [2.75, 3.05) is 0 Å². The Morgan fingerprint density at radius 3 is 2.94 bits per heavy atom. The number of carboxylic acid groups (broad SMARTS) is 1. The zero-order valence-electron chi connectivity index (χ0n) is 8.86. The highest BCUT2D eigenvalue weighted by Gasteiger charge is 2.06. The molecule has 0 spiro atoms. The van der Waals surface area contributed by atoms with Gasteiger partial charge < -0.3 is 14.9 Å². The summed E-state index contributed by atoms with van der Waals surface area (Å²) in [5.74, 6) is 4.53. The standard InChI is InChI=1S/C13H9NO3/c15-6-2-1-3-9-4-5-10-8-12(13(16)17)14-11(10)7-9/h4-8,14H,2H2,(H,16,17). The molecule has 1 aromatic carbocycles. The molecule has 0 atom stereocenters. The maximum Gasteiger partial charge on any atom is 0.352 e. The summed E-state index contributed by atoms with van der Waals surface area (Å²) in [4.78, 5) is 23.7. The summed E-state index contributed by atoms with van der Waals surface area (Å²) in [5.41, 5.74) is 1.62. The fourth-order valence-corrected chi connectivity index (χ4v) is 1.51. The van der Waals surface area contributed by atoms with Crippen LogP contribution in [0.3, 0.4) is 0 Å². The minimum absolute atomic E-state index is 0.151. The number of aromatic nitrogens is 1. The monoisotopic (exact) mass is 227 g/mol. The summed E-state index contributed by atoms with van der Waals surface area (Å²) in [6.45, 7) is 0. The van der Waals surface area contributed by atoms with Crippen LogP contribution in [0.2, 0.25) is 0 Å². The second kappa shape index (κ2) is 4.54. The molecule has 0 unspecified atom stereocenters. The van der Waals surface area contributed by atoms with Gasteiger partial charge in [-0.15, -0.1) is 0 Å². The van der Waals surface area contributed by atoms with Crippen molar-refractivity contribution < 1.29 is 14.7 Å². The fourth-order valence-electron chi connectivity index (χ4n) is 1.51. The number of carbonyl (C=O) groups is 2. The molecular formula is C13H9NO3. The molecule has 0 bridgehead atoms. The Balaban J connectivity index is 2.40. The average Bonchev–Trinajstić information content (AvgIpc) is 2.72. The number of aldehydes is 1. The van der Waals surface area contributed by atoms with Gasteiger partial charge in [0.2, 0.25) is 0 Å². The van der Waals surface area contributed by atoms with Gasteiger partial charge in [0, 0.05) is 16.5 Å². The predicted molar refractivity (Wildman–Crippen MR) is 62.8 cm³/mol. The summed E-state index contributed by atoms with van der Waals surface area (Å²) < 4.78 is 0. The van der Waals surface area contributed by atoms with E-state index in [1.807, 2.05) is 0 Å². The molecule has 0 saturated carbocycles. The lowest BCUT2D eigenvalue weighted by atomic mass is 10.1. The van der Waals surface area contributed by atoms with Crippen molar-refractivity contribution in [3.8, 4) is 11.8 Å². The number of aromatic carboxylic acids is 1. The van der Waals surface area contributed by atoms with Gasteiger partial charge in [0.25, 0.3) is 0 Å². The van der Waals surface area contributed by atoms with E-state index in [0.717, 1.165) is 22.8 Å². The molecule has 4 heteroatoms. The first-order chi connectivity index (χ1) is 8.20. The Hall–Kier alpha value is -2.54. The van der Waals surface area contributed by atoms with Crippen LogP contribution in [0.4, 0.5) is 0 Å². The molecule has 0 aliphatic rings. The average molecular weight is 227 g/mol. The highest BCUT2D eigenvalue weighted by Crippen LogP contribution is 2.16. The highest BCUT2D eigenvalue weighted by atomic mass is 16.4. The molecule has 0 aliphatic heterocycles. The number of hydrogen-bond donors (Lipinski definition) is 2. The van der Waals surface area contributed by atoms with Crippen LogP contribution in [0.5, 0.6) is 0 Å². The molecule has 1 heterocycles. The number of H-pyrrole nitrogens is 1. The number of rotatable bonds is 2. The number of benzene rings is 1. The number of hydrogen-bond acceptors (Lipinski definition) is 2. The number of aromatic amines is 1. The van der Waals surface area contributed by atoms with Crippen LogP contribution in [0.25, 0.3) is 10.9 Å². The third-order valence-corrected chi connectivity index (χ3v) is 2.27. The van der Waals surface area contributed by atoms with Crippen LogP contribution in [0.15, 0.2) is 24.3 Å². The minimum Gasteiger partial charge on any atom is -0.477 e. The molecule has 2 aromatic rings. The van der Waals surface area contributed by atoms with Crippen LogP contribution < -0.4 is 0 Å². The van der Waals surface area contributed by atoms with Gasteiger partial charge >= 0.3 is 5.97 Å². The van der Waals surface area contributed by atoms with Crippen LogP contribution in [0.1, 0.15) is 22.5 Å². The molecular weight excluding hydrogens is 218 g/mol. The zero-order valence-corrected chi connectivity index (χ0v) is 8.86. The van der Waals surface area contributed by atoms with Gasteiger partial charge in [-0.3, -0.25) is 0 Å². The third kappa shape index (κ3) is 2.34. The lowest BCUT2D eigenvalue weighted by Gasteiger charge is -1.91. The summed E-state index contributed by atoms with van der Waals surface area (Å²) in [7, 11) is 0. The van der Waals surface area contributed by atoms with E-state index >= 15 is 0 Å². The quantitative estimate of drug-likeness (QED) is 0.607. The number of nitrogens with one attached hydrogen (secondary N) is 1. The van der Waals surface area contributed by atoms with E-state index in [-0.39, 0.29) is 12.1 Å². The molecule has 0 saturated heterocycles. The molecule has 2 rings (SSSR count). The maximum absolute atomic E-state index is 10.8. The van der Waals surface area contributed by atoms with Crippen molar-refractivity contribution in [2.45, 2.75) is 6.42 Å². The van der Waals surface area contributed by atoms with Crippen LogP contribution in [-0.2, 0) is 4.79 Å². The third-order valence-electron chi connectivity index (χ3n) is 2.27. The SMILES string of the molecule is O=CCC#Cc1ccc2cc(C(=O)O)[nH]c2c1. The fraction of sp³-hybridized carbons (Fsp3) is 0.0769. The molecule has 4 nitrogen and oxygen atoms in total. The van der Waals surface area contributed by atoms with Crippen LogP contribution in [-0.4, -0.2) is 22.3 Å². The van der Waals surface area contributed by atoms with Crippen LogP contribution in [0, 0.1) is 11.8 Å². The topological polar surface area (TPSA) is 70.2 Å². The zero-order chi connectivity index (χ0) is 12.3. The molecule has 84 valence electrons. The van der Waals surface area contributed by atoms with Gasteiger partial charge in [0.05, 0.1) is 6.42 Å². The van der Waals surface area contributed by atoms with Crippen molar-refractivity contribution >= 4 is 23.2 Å². The number of fused-ring (bicyclic) bond motifs is 1. The molecule has 0 radical (unpaired) electrons. The van der Waals surface area contributed by atoms with E-state index in [0.29, 0.717) is 0 Å². The molecule has 0 fully saturated rings. The second-order valence-corrected chi connectivity index (χ2v) is 3.46. The predicted octanol–water partition coefficient (Wildman–Crippen LogP) is 1.81. The van der Waals surface area contributed by atoms with Crippen molar-refractivity contribution in [3.63, 3.8) is 0 Å². The minimum atomic E-state index is -0.991. The van der Waals surface area contributed by atoms with Gasteiger partial charge in [0.1, 0.15) is 12.0 Å². The lowest BCUT2D eigenvalue weighted by molar-refractivity contribution is -0.107. The smallest absolute Gasteiger partial charge is 0.352 e. The van der Waals surface area contributed by atoms with E-state index in [4.69, 9.17) is 5.11 Å². The number of carbonyl (C=O) groups excluding carboxylic acids is 1. The number of carboxylic acids is 1. The van der Waals surface area contributed by atoms with Crippen molar-refractivity contribution in [2.24, 2.45) is 0 Å². The molecule has 17 heavy (non-hydrogen) atoms. The summed E-state index contributed by atoms with van der Waals surface area (Å²) in [6.07, 6.45) is 0.936. The molecule has 0 aliphatic carbocycles. The Morgan fingerprint density at radius 1 is 1.41 bits per heavy atom. The second-order valence-electron chi connectivity index (χ2n) is 3.46. The normalized spacial score (nSPS) is 9.65. The van der Waals surface area contributed by atoms with E-state index in [1.165, 1.54) is 0 Å². The lowest BCUT2D eigenvalue weighted by Crippen LogP contribution is -1.94. The Bertz CT molecular complexity index is 643. The largest absolute Gasteiger partial charge is 0.477 e. The molecule has 2 N–H and O–H groups in total. The Morgan fingerprint density at radius 2 is 2.24 bits per heavy atom.